The number of aliphatic hydroxyl groups excluding tert-OH is 1. The maximum atomic E-state index is 12.0. The molecule has 2 fully saturated rings. The molecule has 8 atom stereocenters. The molecule has 0 aromatic heterocycles. The molecule has 4 rings (SSSR count). The molecule has 2 N–H and O–H groups in total. The van der Waals surface area contributed by atoms with Crippen LogP contribution in [0.15, 0.2) is 48.6 Å². The Morgan fingerprint density at radius 1 is 1.12 bits per heavy atom. The molecule has 0 bridgehead atoms. The normalized spacial score (nSPS) is 46.8. The van der Waals surface area contributed by atoms with Crippen LogP contribution >= 0.6 is 0 Å². The van der Waals surface area contributed by atoms with Crippen molar-refractivity contribution >= 4 is 5.91 Å². The van der Waals surface area contributed by atoms with Gasteiger partial charge in [-0.1, -0.05) is 49.5 Å². The summed E-state index contributed by atoms with van der Waals surface area (Å²) in [4.78, 5) is 12.0. The minimum Gasteiger partial charge on any atom is -0.390 e. The van der Waals surface area contributed by atoms with Crippen molar-refractivity contribution in [3.8, 4) is 0 Å². The molecule has 2 heterocycles. The van der Waals surface area contributed by atoms with Gasteiger partial charge in [-0.3, -0.25) is 4.79 Å². The fourth-order valence-electron chi connectivity index (χ4n) is 4.71. The number of ether oxygens (including phenoxy) is 1. The van der Waals surface area contributed by atoms with Crippen LogP contribution in [0.3, 0.4) is 0 Å². The third-order valence-electron chi connectivity index (χ3n) is 5.85. The fourth-order valence-corrected chi connectivity index (χ4v) is 4.71. The van der Waals surface area contributed by atoms with E-state index in [9.17, 15) is 9.90 Å². The molecule has 0 aromatic rings. The number of carbonyl (C=O) groups is 1. The van der Waals surface area contributed by atoms with Crippen LogP contribution < -0.4 is 5.32 Å². The van der Waals surface area contributed by atoms with Crippen LogP contribution in [0, 0.1) is 29.6 Å². The van der Waals surface area contributed by atoms with Crippen molar-refractivity contribution in [3.63, 3.8) is 0 Å². The second-order valence-electron chi connectivity index (χ2n) is 7.50. The smallest absolute Gasteiger partial charge is 0.243 e. The Labute approximate surface area is 143 Å². The molecule has 1 saturated carbocycles. The monoisotopic (exact) mass is 327 g/mol. The summed E-state index contributed by atoms with van der Waals surface area (Å²) in [7, 11) is 0. The zero-order valence-electron chi connectivity index (χ0n) is 13.9. The lowest BCUT2D eigenvalue weighted by Gasteiger charge is -2.32. The summed E-state index contributed by atoms with van der Waals surface area (Å²) in [6.07, 6.45) is 16.6. The fraction of sp³-hybridized carbons (Fsp3) is 0.550. The largest absolute Gasteiger partial charge is 0.390 e. The number of aliphatic hydroxyl groups is 1. The second kappa shape index (κ2) is 6.34. The van der Waals surface area contributed by atoms with E-state index < -0.39 is 0 Å². The summed E-state index contributed by atoms with van der Waals surface area (Å²) in [5.41, 5.74) is 0. The molecule has 4 nitrogen and oxygen atoms in total. The molecule has 0 spiro atoms. The highest BCUT2D eigenvalue weighted by Crippen LogP contribution is 2.53. The van der Waals surface area contributed by atoms with Crippen LogP contribution in [-0.4, -0.2) is 35.9 Å². The van der Waals surface area contributed by atoms with Crippen LogP contribution in [0.5, 0.6) is 0 Å². The van der Waals surface area contributed by atoms with Crippen LogP contribution in [0.4, 0.5) is 0 Å². The van der Waals surface area contributed by atoms with Gasteiger partial charge in [0, 0.05) is 24.3 Å². The Hall–Kier alpha value is -1.65. The van der Waals surface area contributed by atoms with Gasteiger partial charge in [0.05, 0.1) is 18.3 Å². The first kappa shape index (κ1) is 15.9. The third kappa shape index (κ3) is 2.78. The van der Waals surface area contributed by atoms with Gasteiger partial charge in [0.25, 0.3) is 0 Å². The van der Waals surface area contributed by atoms with Crippen molar-refractivity contribution in [2.45, 2.75) is 31.7 Å². The molecule has 8 unspecified atom stereocenters. The molecule has 1 amide bonds. The number of nitrogens with one attached hydrogen (secondary N) is 1. The summed E-state index contributed by atoms with van der Waals surface area (Å²) in [5.74, 6) is 1.42. The zero-order chi connectivity index (χ0) is 16.7. The molecule has 2 aliphatic carbocycles. The van der Waals surface area contributed by atoms with Gasteiger partial charge in [-0.25, -0.2) is 0 Å². The molecular formula is C20H25NO3. The first-order chi connectivity index (χ1) is 11.6. The van der Waals surface area contributed by atoms with Crippen LogP contribution in [0.1, 0.15) is 13.3 Å². The van der Waals surface area contributed by atoms with Crippen molar-refractivity contribution in [1.82, 2.24) is 5.32 Å². The number of allylic oxidation sites excluding steroid dienone is 5. The maximum absolute atomic E-state index is 12.0. The van der Waals surface area contributed by atoms with E-state index in [1.165, 1.54) is 0 Å². The highest BCUT2D eigenvalue weighted by Gasteiger charge is 2.56. The van der Waals surface area contributed by atoms with Crippen molar-refractivity contribution in [2.75, 3.05) is 6.54 Å². The van der Waals surface area contributed by atoms with Gasteiger partial charge in [-0.15, -0.1) is 0 Å². The summed E-state index contributed by atoms with van der Waals surface area (Å²) in [5, 5.41) is 13.3. The van der Waals surface area contributed by atoms with Crippen molar-refractivity contribution < 1.29 is 14.6 Å². The van der Waals surface area contributed by atoms with Crippen LogP contribution in [0.25, 0.3) is 0 Å². The number of carbonyl (C=O) groups excluding carboxylic acids is 1. The molecule has 0 radical (unpaired) electrons. The Kier molecular flexibility index (Phi) is 4.19. The van der Waals surface area contributed by atoms with E-state index in [0.29, 0.717) is 18.4 Å². The Morgan fingerprint density at radius 2 is 1.96 bits per heavy atom. The molecular weight excluding hydrogens is 302 g/mol. The first-order valence-corrected chi connectivity index (χ1v) is 8.96. The predicted molar refractivity (Wildman–Crippen MR) is 92.0 cm³/mol. The van der Waals surface area contributed by atoms with E-state index in [-0.39, 0.29) is 42.0 Å². The van der Waals surface area contributed by atoms with Crippen molar-refractivity contribution in [2.24, 2.45) is 29.6 Å². The number of hydrogen-bond acceptors (Lipinski definition) is 3. The van der Waals surface area contributed by atoms with E-state index >= 15 is 0 Å². The molecule has 0 aromatic carbocycles. The molecule has 128 valence electrons. The summed E-state index contributed by atoms with van der Waals surface area (Å²) < 4.78 is 6.23. The summed E-state index contributed by atoms with van der Waals surface area (Å²) in [6.45, 7) is 2.71. The molecule has 1 saturated heterocycles. The standard InChI is InChI=1S/C20H25NO3/c1-12-4-2-3-5-16-18-13(8-9-17(23)21-11-12)6-7-14-10-15(22)20(24-16)19(14)18/h2-9,12-16,18-20,22H,10-11H2,1H3,(H,21,23). The predicted octanol–water partition coefficient (Wildman–Crippen LogP) is 1.99. The van der Waals surface area contributed by atoms with Gasteiger partial charge in [-0.2, -0.15) is 0 Å². The van der Waals surface area contributed by atoms with Gasteiger partial charge < -0.3 is 15.2 Å². The first-order valence-electron chi connectivity index (χ1n) is 8.96. The van der Waals surface area contributed by atoms with Gasteiger partial charge >= 0.3 is 0 Å². The maximum Gasteiger partial charge on any atom is 0.243 e. The van der Waals surface area contributed by atoms with E-state index in [1.54, 1.807) is 6.08 Å². The summed E-state index contributed by atoms with van der Waals surface area (Å²) >= 11 is 0. The van der Waals surface area contributed by atoms with Gasteiger partial charge in [-0.05, 0) is 24.3 Å². The van der Waals surface area contributed by atoms with E-state index in [4.69, 9.17) is 4.74 Å². The van der Waals surface area contributed by atoms with Crippen LogP contribution in [-0.2, 0) is 9.53 Å². The lowest BCUT2D eigenvalue weighted by atomic mass is 9.70. The number of hydrogen-bond donors (Lipinski definition) is 2. The Balaban J connectivity index is 1.68. The Bertz CT molecular complexity index is 620. The SMILES string of the molecule is CC1C=CC=CC2OC3C(O)CC4C=CC(C=CC(=O)NC1)C2C43. The molecule has 24 heavy (non-hydrogen) atoms. The average Bonchev–Trinajstić information content (AvgIpc) is 3.10. The number of amides is 1. The average molecular weight is 327 g/mol. The molecule has 4 aliphatic rings. The summed E-state index contributed by atoms with van der Waals surface area (Å²) in [6, 6.07) is 0. The minimum absolute atomic E-state index is 0.0131. The van der Waals surface area contributed by atoms with Crippen molar-refractivity contribution in [3.05, 3.63) is 48.6 Å². The zero-order valence-corrected chi connectivity index (χ0v) is 13.9. The highest BCUT2D eigenvalue weighted by molar-refractivity contribution is 5.87. The Morgan fingerprint density at radius 3 is 2.83 bits per heavy atom. The van der Waals surface area contributed by atoms with E-state index in [1.807, 2.05) is 18.2 Å². The van der Waals surface area contributed by atoms with Crippen LogP contribution in [0.2, 0.25) is 0 Å². The lowest BCUT2D eigenvalue weighted by Crippen LogP contribution is -2.32. The van der Waals surface area contributed by atoms with Crippen molar-refractivity contribution in [1.29, 1.82) is 0 Å². The minimum atomic E-state index is -0.383. The van der Waals surface area contributed by atoms with Gasteiger partial charge in [0.2, 0.25) is 5.91 Å². The van der Waals surface area contributed by atoms with E-state index in [2.05, 4.69) is 36.5 Å². The van der Waals surface area contributed by atoms with E-state index in [0.717, 1.165) is 6.42 Å². The third-order valence-corrected chi connectivity index (χ3v) is 5.85. The number of rotatable bonds is 0. The quantitative estimate of drug-likeness (QED) is 0.669. The molecule has 4 heteroatoms. The van der Waals surface area contributed by atoms with Gasteiger partial charge in [0.15, 0.2) is 0 Å². The lowest BCUT2D eigenvalue weighted by molar-refractivity contribution is -0.116. The topological polar surface area (TPSA) is 58.6 Å². The highest BCUT2D eigenvalue weighted by atomic mass is 16.5. The molecule has 2 aliphatic heterocycles. The van der Waals surface area contributed by atoms with Gasteiger partial charge in [0.1, 0.15) is 0 Å². The second-order valence-corrected chi connectivity index (χ2v) is 7.50.